The maximum absolute atomic E-state index is 6.16. The topological polar surface area (TPSA) is 50.9 Å². The Labute approximate surface area is 118 Å². The summed E-state index contributed by atoms with van der Waals surface area (Å²) in [6, 6.07) is 12.1. The minimum Gasteiger partial charge on any atom is -0.271 e. The molecular formula is C15H18ClN3. The zero-order chi connectivity index (χ0) is 13.5. The van der Waals surface area contributed by atoms with E-state index in [1.54, 1.807) is 6.20 Å². The van der Waals surface area contributed by atoms with Gasteiger partial charge in [0.25, 0.3) is 0 Å². The minimum atomic E-state index is 0.208. The van der Waals surface area contributed by atoms with Crippen LogP contribution in [0.4, 0.5) is 0 Å². The van der Waals surface area contributed by atoms with Crippen molar-refractivity contribution in [1.82, 2.24) is 10.4 Å². The summed E-state index contributed by atoms with van der Waals surface area (Å²) in [7, 11) is 0. The summed E-state index contributed by atoms with van der Waals surface area (Å²) in [5.74, 6) is 5.63. The fourth-order valence-electron chi connectivity index (χ4n) is 2.06. The fourth-order valence-corrected chi connectivity index (χ4v) is 2.27. The van der Waals surface area contributed by atoms with Crippen molar-refractivity contribution in [2.75, 3.05) is 0 Å². The Hall–Kier alpha value is -1.42. The van der Waals surface area contributed by atoms with Gasteiger partial charge in [0.1, 0.15) is 0 Å². The lowest BCUT2D eigenvalue weighted by atomic mass is 10.0. The molecule has 1 atom stereocenters. The molecule has 0 saturated heterocycles. The Morgan fingerprint density at radius 3 is 2.74 bits per heavy atom. The van der Waals surface area contributed by atoms with E-state index in [2.05, 4.69) is 16.5 Å². The SMILES string of the molecule is NNC(CCc1cccnc1)Cc1ccccc1Cl. The molecule has 1 heterocycles. The summed E-state index contributed by atoms with van der Waals surface area (Å²) < 4.78 is 0. The average Bonchev–Trinajstić information content (AvgIpc) is 2.46. The Kier molecular flexibility index (Phi) is 5.33. The van der Waals surface area contributed by atoms with Gasteiger partial charge in [-0.05, 0) is 42.5 Å². The minimum absolute atomic E-state index is 0.208. The van der Waals surface area contributed by atoms with Crippen molar-refractivity contribution in [1.29, 1.82) is 0 Å². The summed E-state index contributed by atoms with van der Waals surface area (Å²) >= 11 is 6.16. The van der Waals surface area contributed by atoms with E-state index in [9.17, 15) is 0 Å². The third kappa shape index (κ3) is 4.31. The predicted octanol–water partition coefficient (Wildman–Crippen LogP) is 2.74. The molecule has 4 heteroatoms. The van der Waals surface area contributed by atoms with Crippen LogP contribution in [-0.2, 0) is 12.8 Å². The highest BCUT2D eigenvalue weighted by Crippen LogP contribution is 2.18. The van der Waals surface area contributed by atoms with Gasteiger partial charge in [0.15, 0.2) is 0 Å². The maximum atomic E-state index is 6.16. The number of aryl methyl sites for hydroxylation is 1. The van der Waals surface area contributed by atoms with Crippen molar-refractivity contribution in [3.8, 4) is 0 Å². The van der Waals surface area contributed by atoms with Gasteiger partial charge < -0.3 is 0 Å². The van der Waals surface area contributed by atoms with Crippen LogP contribution in [0.5, 0.6) is 0 Å². The molecule has 19 heavy (non-hydrogen) atoms. The summed E-state index contributed by atoms with van der Waals surface area (Å²) in [5.41, 5.74) is 5.22. The van der Waals surface area contributed by atoms with Crippen LogP contribution in [0, 0.1) is 0 Å². The number of nitrogens with one attached hydrogen (secondary N) is 1. The number of nitrogens with two attached hydrogens (primary N) is 1. The molecule has 0 aliphatic heterocycles. The van der Waals surface area contributed by atoms with Gasteiger partial charge in [-0.1, -0.05) is 35.9 Å². The second kappa shape index (κ2) is 7.24. The molecule has 1 unspecified atom stereocenters. The molecule has 0 amide bonds. The van der Waals surface area contributed by atoms with Gasteiger partial charge in [-0.2, -0.15) is 0 Å². The van der Waals surface area contributed by atoms with Gasteiger partial charge in [0.2, 0.25) is 0 Å². The van der Waals surface area contributed by atoms with Crippen LogP contribution in [0.25, 0.3) is 0 Å². The predicted molar refractivity (Wildman–Crippen MR) is 78.8 cm³/mol. The third-order valence-corrected chi connectivity index (χ3v) is 3.53. The smallest absolute Gasteiger partial charge is 0.0438 e. The molecule has 0 radical (unpaired) electrons. The molecule has 100 valence electrons. The molecule has 0 saturated carbocycles. The first-order valence-electron chi connectivity index (χ1n) is 6.38. The number of hydrogen-bond donors (Lipinski definition) is 2. The Morgan fingerprint density at radius 1 is 1.21 bits per heavy atom. The fraction of sp³-hybridized carbons (Fsp3) is 0.267. The molecule has 0 aliphatic carbocycles. The van der Waals surface area contributed by atoms with Crippen molar-refractivity contribution < 1.29 is 0 Å². The van der Waals surface area contributed by atoms with Crippen LogP contribution in [0.2, 0.25) is 5.02 Å². The van der Waals surface area contributed by atoms with Crippen LogP contribution in [0.1, 0.15) is 17.5 Å². The van der Waals surface area contributed by atoms with Crippen molar-refractivity contribution in [3.63, 3.8) is 0 Å². The normalized spacial score (nSPS) is 12.3. The first-order chi connectivity index (χ1) is 9.29. The van der Waals surface area contributed by atoms with Gasteiger partial charge in [-0.25, -0.2) is 0 Å². The highest BCUT2D eigenvalue weighted by Gasteiger charge is 2.10. The van der Waals surface area contributed by atoms with E-state index in [1.165, 1.54) is 5.56 Å². The average molecular weight is 276 g/mol. The Bertz CT molecular complexity index is 502. The molecule has 0 aliphatic rings. The van der Waals surface area contributed by atoms with E-state index in [4.69, 9.17) is 17.4 Å². The molecular weight excluding hydrogens is 258 g/mol. The zero-order valence-electron chi connectivity index (χ0n) is 10.7. The van der Waals surface area contributed by atoms with E-state index in [1.807, 2.05) is 36.5 Å². The summed E-state index contributed by atoms with van der Waals surface area (Å²) in [6.07, 6.45) is 6.41. The van der Waals surface area contributed by atoms with Crippen LogP contribution < -0.4 is 11.3 Å². The molecule has 1 aromatic heterocycles. The molecule has 3 N–H and O–H groups in total. The van der Waals surface area contributed by atoms with Gasteiger partial charge in [0, 0.05) is 23.5 Å². The number of pyridine rings is 1. The number of nitrogens with zero attached hydrogens (tertiary/aromatic N) is 1. The quantitative estimate of drug-likeness (QED) is 0.630. The number of rotatable bonds is 6. The highest BCUT2D eigenvalue weighted by molar-refractivity contribution is 6.31. The molecule has 3 nitrogen and oxygen atoms in total. The Morgan fingerprint density at radius 2 is 2.05 bits per heavy atom. The van der Waals surface area contributed by atoms with Crippen LogP contribution in [-0.4, -0.2) is 11.0 Å². The molecule has 0 spiro atoms. The van der Waals surface area contributed by atoms with Crippen molar-refractivity contribution >= 4 is 11.6 Å². The molecule has 1 aromatic carbocycles. The second-order valence-electron chi connectivity index (χ2n) is 4.56. The van der Waals surface area contributed by atoms with E-state index < -0.39 is 0 Å². The summed E-state index contributed by atoms with van der Waals surface area (Å²) in [5, 5.41) is 0.795. The summed E-state index contributed by atoms with van der Waals surface area (Å²) in [6.45, 7) is 0. The lowest BCUT2D eigenvalue weighted by Crippen LogP contribution is -2.37. The number of hydrogen-bond acceptors (Lipinski definition) is 3. The van der Waals surface area contributed by atoms with Gasteiger partial charge in [0.05, 0.1) is 0 Å². The molecule has 2 aromatic rings. The first kappa shape index (κ1) is 14.0. The molecule has 0 fully saturated rings. The molecule has 2 rings (SSSR count). The van der Waals surface area contributed by atoms with E-state index in [0.717, 1.165) is 29.8 Å². The zero-order valence-corrected chi connectivity index (χ0v) is 11.5. The standard InChI is InChI=1S/C15H18ClN3/c16-15-6-2-1-5-13(15)10-14(19-17)8-7-12-4-3-9-18-11-12/h1-6,9,11,14,19H,7-8,10,17H2. The van der Waals surface area contributed by atoms with E-state index in [-0.39, 0.29) is 6.04 Å². The lowest BCUT2D eigenvalue weighted by Gasteiger charge is -2.16. The largest absolute Gasteiger partial charge is 0.271 e. The first-order valence-corrected chi connectivity index (χ1v) is 6.76. The summed E-state index contributed by atoms with van der Waals surface area (Å²) in [4.78, 5) is 4.11. The van der Waals surface area contributed by atoms with Crippen LogP contribution in [0.15, 0.2) is 48.8 Å². The third-order valence-electron chi connectivity index (χ3n) is 3.16. The van der Waals surface area contributed by atoms with Crippen molar-refractivity contribution in [2.24, 2.45) is 5.84 Å². The van der Waals surface area contributed by atoms with Crippen LogP contribution >= 0.6 is 11.6 Å². The van der Waals surface area contributed by atoms with Gasteiger partial charge in [-0.3, -0.25) is 16.3 Å². The van der Waals surface area contributed by atoms with E-state index >= 15 is 0 Å². The van der Waals surface area contributed by atoms with Crippen molar-refractivity contribution in [2.45, 2.75) is 25.3 Å². The number of benzene rings is 1. The number of aromatic nitrogens is 1. The second-order valence-corrected chi connectivity index (χ2v) is 4.97. The van der Waals surface area contributed by atoms with Gasteiger partial charge >= 0.3 is 0 Å². The number of hydrazine groups is 1. The van der Waals surface area contributed by atoms with Crippen molar-refractivity contribution in [3.05, 3.63) is 64.9 Å². The number of halogens is 1. The van der Waals surface area contributed by atoms with Gasteiger partial charge in [-0.15, -0.1) is 0 Å². The Balaban J connectivity index is 1.92. The van der Waals surface area contributed by atoms with E-state index in [0.29, 0.717) is 0 Å². The maximum Gasteiger partial charge on any atom is 0.0438 e. The van der Waals surface area contributed by atoms with Crippen LogP contribution in [0.3, 0.4) is 0 Å². The highest BCUT2D eigenvalue weighted by atomic mass is 35.5. The monoisotopic (exact) mass is 275 g/mol. The lowest BCUT2D eigenvalue weighted by molar-refractivity contribution is 0.491. The molecule has 0 bridgehead atoms.